The van der Waals surface area contributed by atoms with Gasteiger partial charge in [-0.2, -0.15) is 0 Å². The molecule has 0 aliphatic heterocycles. The first-order valence-corrected chi connectivity index (χ1v) is 6.93. The molecular formula is C12H14N2O3S. The van der Waals surface area contributed by atoms with Crippen molar-refractivity contribution in [1.29, 1.82) is 0 Å². The summed E-state index contributed by atoms with van der Waals surface area (Å²) < 4.78 is 25.9. The zero-order valence-corrected chi connectivity index (χ0v) is 10.4. The van der Waals surface area contributed by atoms with Crippen molar-refractivity contribution >= 4 is 10.0 Å². The molecule has 96 valence electrons. The summed E-state index contributed by atoms with van der Waals surface area (Å²) in [7, 11) is -3.56. The van der Waals surface area contributed by atoms with Crippen LogP contribution in [-0.4, -0.2) is 25.1 Å². The quantitative estimate of drug-likeness (QED) is 0.756. The van der Waals surface area contributed by atoms with Gasteiger partial charge in [-0.3, -0.25) is 0 Å². The molecule has 0 fully saturated rings. The van der Waals surface area contributed by atoms with E-state index in [0.717, 1.165) is 0 Å². The standard InChI is InChI=1S/C12H14N2O3S/c15-12(10-4-2-1-3-5-10)9-14-18(16,17)11-6-7-13-8-11/h1-8,12-15H,9H2. The summed E-state index contributed by atoms with van der Waals surface area (Å²) in [6, 6.07) is 10.4. The number of H-pyrrole nitrogens is 1. The highest BCUT2D eigenvalue weighted by molar-refractivity contribution is 7.89. The van der Waals surface area contributed by atoms with E-state index in [-0.39, 0.29) is 11.4 Å². The van der Waals surface area contributed by atoms with Gasteiger partial charge in [-0.25, -0.2) is 13.1 Å². The number of aliphatic hydroxyl groups excluding tert-OH is 1. The molecule has 0 radical (unpaired) electrons. The average Bonchev–Trinajstić information content (AvgIpc) is 2.92. The van der Waals surface area contributed by atoms with Crippen molar-refractivity contribution in [3.05, 3.63) is 54.4 Å². The lowest BCUT2D eigenvalue weighted by Crippen LogP contribution is -2.28. The molecule has 0 aliphatic rings. The average molecular weight is 266 g/mol. The fourth-order valence-corrected chi connectivity index (χ4v) is 2.56. The van der Waals surface area contributed by atoms with Gasteiger partial charge in [0.2, 0.25) is 10.0 Å². The Morgan fingerprint density at radius 3 is 2.56 bits per heavy atom. The lowest BCUT2D eigenvalue weighted by atomic mass is 10.1. The Morgan fingerprint density at radius 1 is 1.22 bits per heavy atom. The molecule has 2 rings (SSSR count). The van der Waals surface area contributed by atoms with E-state index in [1.807, 2.05) is 6.07 Å². The Morgan fingerprint density at radius 2 is 1.94 bits per heavy atom. The van der Waals surface area contributed by atoms with Crippen LogP contribution in [0, 0.1) is 0 Å². The van der Waals surface area contributed by atoms with Gasteiger partial charge >= 0.3 is 0 Å². The van der Waals surface area contributed by atoms with Gasteiger partial charge in [0.15, 0.2) is 0 Å². The molecule has 2 aromatic rings. The summed E-state index contributed by atoms with van der Waals surface area (Å²) >= 11 is 0. The molecule has 0 saturated carbocycles. The van der Waals surface area contributed by atoms with Crippen LogP contribution >= 0.6 is 0 Å². The second-order valence-corrected chi connectivity index (χ2v) is 5.59. The maximum atomic E-state index is 11.8. The van der Waals surface area contributed by atoms with E-state index in [9.17, 15) is 13.5 Å². The van der Waals surface area contributed by atoms with Crippen LogP contribution in [0.3, 0.4) is 0 Å². The zero-order chi connectivity index (χ0) is 13.0. The van der Waals surface area contributed by atoms with Gasteiger partial charge in [0, 0.05) is 18.9 Å². The first-order chi connectivity index (χ1) is 8.59. The minimum Gasteiger partial charge on any atom is -0.387 e. The van der Waals surface area contributed by atoms with Crippen LogP contribution in [0.1, 0.15) is 11.7 Å². The molecule has 3 N–H and O–H groups in total. The molecule has 0 saturated heterocycles. The smallest absolute Gasteiger partial charge is 0.242 e. The predicted molar refractivity (Wildman–Crippen MR) is 67.4 cm³/mol. The number of aromatic nitrogens is 1. The lowest BCUT2D eigenvalue weighted by molar-refractivity contribution is 0.182. The van der Waals surface area contributed by atoms with Crippen molar-refractivity contribution < 1.29 is 13.5 Å². The van der Waals surface area contributed by atoms with E-state index in [4.69, 9.17) is 0 Å². The van der Waals surface area contributed by atoms with E-state index < -0.39 is 16.1 Å². The van der Waals surface area contributed by atoms with Gasteiger partial charge in [0.1, 0.15) is 0 Å². The van der Waals surface area contributed by atoms with Gasteiger partial charge in [0.05, 0.1) is 11.0 Å². The fraction of sp³-hybridized carbons (Fsp3) is 0.167. The molecule has 0 spiro atoms. The number of rotatable bonds is 5. The first-order valence-electron chi connectivity index (χ1n) is 5.45. The number of nitrogens with one attached hydrogen (secondary N) is 2. The predicted octanol–water partition coefficient (Wildman–Crippen LogP) is 1.03. The van der Waals surface area contributed by atoms with E-state index in [1.165, 1.54) is 18.5 Å². The molecular weight excluding hydrogens is 252 g/mol. The number of benzene rings is 1. The Bertz CT molecular complexity index is 579. The highest BCUT2D eigenvalue weighted by Crippen LogP contribution is 2.12. The van der Waals surface area contributed by atoms with Gasteiger partial charge in [-0.05, 0) is 11.6 Å². The molecule has 18 heavy (non-hydrogen) atoms. The molecule has 0 aliphatic carbocycles. The number of aliphatic hydroxyl groups is 1. The molecule has 0 amide bonds. The highest BCUT2D eigenvalue weighted by atomic mass is 32.2. The summed E-state index contributed by atoms with van der Waals surface area (Å²) in [4.78, 5) is 2.83. The maximum absolute atomic E-state index is 11.8. The van der Waals surface area contributed by atoms with Crippen LogP contribution in [0.15, 0.2) is 53.7 Å². The SMILES string of the molecule is O=S(=O)(NCC(O)c1ccccc1)c1cc[nH]c1. The second kappa shape index (κ2) is 5.34. The third-order valence-electron chi connectivity index (χ3n) is 2.53. The topological polar surface area (TPSA) is 82.2 Å². The van der Waals surface area contributed by atoms with Crippen molar-refractivity contribution in [2.45, 2.75) is 11.0 Å². The van der Waals surface area contributed by atoms with Gasteiger partial charge in [-0.15, -0.1) is 0 Å². The van der Waals surface area contributed by atoms with Crippen molar-refractivity contribution in [2.75, 3.05) is 6.54 Å². The molecule has 0 bridgehead atoms. The lowest BCUT2D eigenvalue weighted by Gasteiger charge is -2.11. The number of aromatic amines is 1. The third-order valence-corrected chi connectivity index (χ3v) is 3.95. The zero-order valence-electron chi connectivity index (χ0n) is 9.58. The number of hydrogen-bond acceptors (Lipinski definition) is 3. The molecule has 1 atom stereocenters. The molecule has 5 nitrogen and oxygen atoms in total. The summed E-state index contributed by atoms with van der Waals surface area (Å²) in [6.45, 7) is -0.0580. The Kier molecular flexibility index (Phi) is 3.81. The normalized spacial score (nSPS) is 13.4. The van der Waals surface area contributed by atoms with Crippen molar-refractivity contribution in [1.82, 2.24) is 9.71 Å². The molecule has 1 unspecified atom stereocenters. The monoisotopic (exact) mass is 266 g/mol. The minimum atomic E-state index is -3.56. The van der Waals surface area contributed by atoms with Gasteiger partial charge in [-0.1, -0.05) is 30.3 Å². The fourth-order valence-electron chi connectivity index (χ4n) is 1.54. The summed E-state index contributed by atoms with van der Waals surface area (Å²) in [5.41, 5.74) is 0.675. The first kappa shape index (κ1) is 12.8. The van der Waals surface area contributed by atoms with Crippen LogP contribution in [0.5, 0.6) is 0 Å². The number of hydrogen-bond donors (Lipinski definition) is 3. The van der Waals surface area contributed by atoms with Crippen molar-refractivity contribution in [2.24, 2.45) is 0 Å². The summed E-state index contributed by atoms with van der Waals surface area (Å²) in [6.07, 6.45) is 2.05. The molecule has 1 aromatic heterocycles. The van der Waals surface area contributed by atoms with Gasteiger partial charge < -0.3 is 10.1 Å². The summed E-state index contributed by atoms with van der Waals surface area (Å²) in [5.74, 6) is 0. The maximum Gasteiger partial charge on any atom is 0.242 e. The Balaban J connectivity index is 2.00. The Hall–Kier alpha value is -1.63. The van der Waals surface area contributed by atoms with E-state index in [1.54, 1.807) is 24.3 Å². The molecule has 6 heteroatoms. The highest BCUT2D eigenvalue weighted by Gasteiger charge is 2.16. The summed E-state index contributed by atoms with van der Waals surface area (Å²) in [5, 5.41) is 9.85. The van der Waals surface area contributed by atoms with E-state index in [0.29, 0.717) is 5.56 Å². The van der Waals surface area contributed by atoms with Gasteiger partial charge in [0.25, 0.3) is 0 Å². The van der Waals surface area contributed by atoms with Crippen LogP contribution in [0.25, 0.3) is 0 Å². The molecule has 1 heterocycles. The molecule has 1 aromatic carbocycles. The van der Waals surface area contributed by atoms with Crippen molar-refractivity contribution in [3.8, 4) is 0 Å². The second-order valence-electron chi connectivity index (χ2n) is 3.83. The Labute approximate surface area is 106 Å². The minimum absolute atomic E-state index is 0.0580. The van der Waals surface area contributed by atoms with Crippen LogP contribution in [-0.2, 0) is 10.0 Å². The van der Waals surface area contributed by atoms with Crippen LogP contribution < -0.4 is 4.72 Å². The van der Waals surface area contributed by atoms with E-state index in [2.05, 4.69) is 9.71 Å². The van der Waals surface area contributed by atoms with E-state index >= 15 is 0 Å². The van der Waals surface area contributed by atoms with Crippen molar-refractivity contribution in [3.63, 3.8) is 0 Å². The number of sulfonamides is 1. The van der Waals surface area contributed by atoms with Crippen LogP contribution in [0.4, 0.5) is 0 Å². The largest absolute Gasteiger partial charge is 0.387 e. The third kappa shape index (κ3) is 2.98. The van der Waals surface area contributed by atoms with Crippen LogP contribution in [0.2, 0.25) is 0 Å².